The van der Waals surface area contributed by atoms with Crippen molar-refractivity contribution >= 4 is 23.4 Å². The van der Waals surface area contributed by atoms with Gasteiger partial charge in [0.25, 0.3) is 11.6 Å². The SMILES string of the molecule is CC(C)NC(=O)C1CCN(C(=O)CNC(=O)c2cccc([N+](=O)[O-])c2)CC1. The third-order valence-electron chi connectivity index (χ3n) is 4.37. The fourth-order valence-corrected chi connectivity index (χ4v) is 2.92. The number of hydrogen-bond acceptors (Lipinski definition) is 5. The number of amides is 3. The average molecular weight is 376 g/mol. The molecule has 146 valence electrons. The van der Waals surface area contributed by atoms with E-state index < -0.39 is 10.8 Å². The van der Waals surface area contributed by atoms with Crippen LogP contribution in [0.5, 0.6) is 0 Å². The lowest BCUT2D eigenvalue weighted by atomic mass is 9.95. The third-order valence-corrected chi connectivity index (χ3v) is 4.37. The first-order valence-corrected chi connectivity index (χ1v) is 8.88. The smallest absolute Gasteiger partial charge is 0.270 e. The molecule has 0 bridgehead atoms. The second-order valence-corrected chi connectivity index (χ2v) is 6.81. The number of carbonyl (C=O) groups excluding carboxylic acids is 3. The lowest BCUT2D eigenvalue weighted by molar-refractivity contribution is -0.384. The summed E-state index contributed by atoms with van der Waals surface area (Å²) in [4.78, 5) is 48.2. The molecule has 1 aromatic rings. The van der Waals surface area contributed by atoms with Crippen molar-refractivity contribution in [2.45, 2.75) is 32.7 Å². The molecule has 1 saturated heterocycles. The number of nitro groups is 1. The average Bonchev–Trinajstić information content (AvgIpc) is 2.65. The molecule has 3 amide bonds. The van der Waals surface area contributed by atoms with Crippen molar-refractivity contribution in [3.63, 3.8) is 0 Å². The third kappa shape index (κ3) is 5.77. The molecule has 2 rings (SSSR count). The molecular formula is C18H24N4O5. The summed E-state index contributed by atoms with van der Waals surface area (Å²) < 4.78 is 0. The summed E-state index contributed by atoms with van der Waals surface area (Å²) in [5.74, 6) is -0.873. The molecule has 1 fully saturated rings. The van der Waals surface area contributed by atoms with E-state index in [9.17, 15) is 24.5 Å². The fraction of sp³-hybridized carbons (Fsp3) is 0.500. The van der Waals surface area contributed by atoms with Gasteiger partial charge in [0.05, 0.1) is 11.5 Å². The molecule has 0 aromatic heterocycles. The van der Waals surface area contributed by atoms with Gasteiger partial charge in [-0.1, -0.05) is 6.07 Å². The summed E-state index contributed by atoms with van der Waals surface area (Å²) in [5.41, 5.74) is -0.0585. The predicted molar refractivity (Wildman–Crippen MR) is 98.0 cm³/mol. The normalized spacial score (nSPS) is 14.7. The minimum absolute atomic E-state index is 0.0103. The van der Waals surface area contributed by atoms with Crippen LogP contribution >= 0.6 is 0 Å². The Bertz CT molecular complexity index is 726. The summed E-state index contributed by atoms with van der Waals surface area (Å²) in [6, 6.07) is 5.41. The van der Waals surface area contributed by atoms with E-state index in [-0.39, 0.29) is 41.6 Å². The zero-order valence-corrected chi connectivity index (χ0v) is 15.4. The zero-order chi connectivity index (χ0) is 20.0. The molecule has 1 aliphatic rings. The van der Waals surface area contributed by atoms with E-state index in [1.165, 1.54) is 24.3 Å². The molecule has 27 heavy (non-hydrogen) atoms. The maximum atomic E-state index is 12.3. The van der Waals surface area contributed by atoms with E-state index in [2.05, 4.69) is 10.6 Å². The molecule has 1 aromatic carbocycles. The first kappa shape index (κ1) is 20.3. The van der Waals surface area contributed by atoms with Crippen LogP contribution in [-0.2, 0) is 9.59 Å². The van der Waals surface area contributed by atoms with Gasteiger partial charge in [0, 0.05) is 42.7 Å². The van der Waals surface area contributed by atoms with Crippen LogP contribution in [0.25, 0.3) is 0 Å². The molecule has 0 saturated carbocycles. The van der Waals surface area contributed by atoms with Crippen molar-refractivity contribution in [1.29, 1.82) is 0 Å². The summed E-state index contributed by atoms with van der Waals surface area (Å²) in [6.07, 6.45) is 1.17. The first-order chi connectivity index (χ1) is 12.8. The molecule has 0 unspecified atom stereocenters. The largest absolute Gasteiger partial charge is 0.354 e. The molecule has 9 nitrogen and oxygen atoms in total. The van der Waals surface area contributed by atoms with E-state index >= 15 is 0 Å². The molecule has 0 aliphatic carbocycles. The number of piperidine rings is 1. The molecule has 1 heterocycles. The highest BCUT2D eigenvalue weighted by atomic mass is 16.6. The number of nitrogens with zero attached hydrogens (tertiary/aromatic N) is 2. The van der Waals surface area contributed by atoms with Crippen LogP contribution in [0.15, 0.2) is 24.3 Å². The number of hydrogen-bond donors (Lipinski definition) is 2. The van der Waals surface area contributed by atoms with Crippen molar-refractivity contribution in [2.75, 3.05) is 19.6 Å². The van der Waals surface area contributed by atoms with Crippen molar-refractivity contribution in [2.24, 2.45) is 5.92 Å². The zero-order valence-electron chi connectivity index (χ0n) is 15.4. The number of carbonyl (C=O) groups is 3. The maximum absolute atomic E-state index is 12.3. The molecule has 0 radical (unpaired) electrons. The van der Waals surface area contributed by atoms with Crippen LogP contribution < -0.4 is 10.6 Å². The van der Waals surface area contributed by atoms with Crippen LogP contribution in [0, 0.1) is 16.0 Å². The highest BCUT2D eigenvalue weighted by Crippen LogP contribution is 2.18. The van der Waals surface area contributed by atoms with Crippen molar-refractivity contribution in [3.8, 4) is 0 Å². The number of nitro benzene ring substituents is 1. The summed E-state index contributed by atoms with van der Waals surface area (Å²) >= 11 is 0. The fourth-order valence-electron chi connectivity index (χ4n) is 2.92. The monoisotopic (exact) mass is 376 g/mol. The van der Waals surface area contributed by atoms with E-state index in [1.54, 1.807) is 4.90 Å². The van der Waals surface area contributed by atoms with Crippen LogP contribution in [0.3, 0.4) is 0 Å². The summed E-state index contributed by atoms with van der Waals surface area (Å²) in [7, 11) is 0. The quantitative estimate of drug-likeness (QED) is 0.568. The van der Waals surface area contributed by atoms with Crippen molar-refractivity contribution < 1.29 is 19.3 Å². The van der Waals surface area contributed by atoms with Crippen LogP contribution in [-0.4, -0.2) is 53.2 Å². The topological polar surface area (TPSA) is 122 Å². The van der Waals surface area contributed by atoms with E-state index in [0.29, 0.717) is 25.9 Å². The maximum Gasteiger partial charge on any atom is 0.270 e. The van der Waals surface area contributed by atoms with Gasteiger partial charge in [0.2, 0.25) is 11.8 Å². The summed E-state index contributed by atoms with van der Waals surface area (Å²) in [5, 5.41) is 16.1. The molecule has 0 spiro atoms. The van der Waals surface area contributed by atoms with Gasteiger partial charge >= 0.3 is 0 Å². The number of benzene rings is 1. The number of likely N-dealkylation sites (tertiary alicyclic amines) is 1. The van der Waals surface area contributed by atoms with Gasteiger partial charge in [-0.3, -0.25) is 24.5 Å². The standard InChI is InChI=1S/C18H24N4O5/c1-12(2)20-18(25)13-6-8-21(9-7-13)16(23)11-19-17(24)14-4-3-5-15(10-14)22(26)27/h3-5,10,12-13H,6-9,11H2,1-2H3,(H,19,24)(H,20,25). The molecule has 1 aliphatic heterocycles. The van der Waals surface area contributed by atoms with Crippen molar-refractivity contribution in [1.82, 2.24) is 15.5 Å². The van der Waals surface area contributed by atoms with Gasteiger partial charge in [-0.05, 0) is 32.8 Å². The van der Waals surface area contributed by atoms with E-state index in [4.69, 9.17) is 0 Å². The lowest BCUT2D eigenvalue weighted by Gasteiger charge is -2.31. The Morgan fingerprint density at radius 3 is 2.52 bits per heavy atom. The number of nitrogens with one attached hydrogen (secondary N) is 2. The number of non-ortho nitro benzene ring substituents is 1. The highest BCUT2D eigenvalue weighted by molar-refractivity contribution is 5.97. The second kappa shape index (κ2) is 9.11. The molecule has 2 N–H and O–H groups in total. The van der Waals surface area contributed by atoms with Crippen molar-refractivity contribution in [3.05, 3.63) is 39.9 Å². The van der Waals surface area contributed by atoms with E-state index in [1.807, 2.05) is 13.8 Å². The Morgan fingerprint density at radius 1 is 1.26 bits per heavy atom. The Balaban J connectivity index is 1.81. The Hall–Kier alpha value is -2.97. The van der Waals surface area contributed by atoms with Crippen LogP contribution in [0.1, 0.15) is 37.0 Å². The Morgan fingerprint density at radius 2 is 1.93 bits per heavy atom. The van der Waals surface area contributed by atoms with Gasteiger partial charge < -0.3 is 15.5 Å². The lowest BCUT2D eigenvalue weighted by Crippen LogP contribution is -2.47. The van der Waals surface area contributed by atoms with E-state index in [0.717, 1.165) is 0 Å². The second-order valence-electron chi connectivity index (χ2n) is 6.81. The van der Waals surface area contributed by atoms with Gasteiger partial charge in [0.15, 0.2) is 0 Å². The predicted octanol–water partition coefficient (Wildman–Crippen LogP) is 1.09. The van der Waals surface area contributed by atoms with Crippen LogP contribution in [0.4, 0.5) is 5.69 Å². The minimum Gasteiger partial charge on any atom is -0.354 e. The van der Waals surface area contributed by atoms with Gasteiger partial charge in [-0.25, -0.2) is 0 Å². The molecule has 0 atom stereocenters. The minimum atomic E-state index is -0.582. The first-order valence-electron chi connectivity index (χ1n) is 8.88. The van der Waals surface area contributed by atoms with Gasteiger partial charge in [-0.2, -0.15) is 0 Å². The summed E-state index contributed by atoms with van der Waals surface area (Å²) in [6.45, 7) is 4.54. The van der Waals surface area contributed by atoms with Gasteiger partial charge in [0.1, 0.15) is 0 Å². The molecule has 9 heteroatoms. The Kier molecular flexibility index (Phi) is 6.86. The van der Waals surface area contributed by atoms with Crippen LogP contribution in [0.2, 0.25) is 0 Å². The van der Waals surface area contributed by atoms with Gasteiger partial charge in [-0.15, -0.1) is 0 Å². The Labute approximate surface area is 157 Å². The highest BCUT2D eigenvalue weighted by Gasteiger charge is 2.27. The molecular weight excluding hydrogens is 352 g/mol. The number of rotatable bonds is 6.